The molecule has 0 spiro atoms. The molecule has 81 heavy (non-hydrogen) atoms. The average molecular weight is 1040 g/mol. The number of H-pyrrole nitrogens is 2. The first-order valence-electron chi connectivity index (χ1n) is 26.7. The Morgan fingerprint density at radius 1 is 0.346 bits per heavy atom. The van der Waals surface area contributed by atoms with Crippen molar-refractivity contribution in [3.63, 3.8) is 0 Å². The number of aromatic nitrogens is 6. The SMILES string of the molecule is O=C(O)c1ccc(-c2ccc(C#Cc3cc4[nH]c3c(-c3ccccc3)c3nc(c(-c5ccccc5)c5ccc([nH]5)c(-c5ccccc5)c5nc(c4-c4ccccc4)C=C5)C=C3)c3nc(-c4ccccc4)c(-c4ccccc4)nc23)cc1. The highest BCUT2D eigenvalue weighted by molar-refractivity contribution is 6.03. The minimum Gasteiger partial charge on any atom is -0.478 e. The van der Waals surface area contributed by atoms with Gasteiger partial charge in [-0.25, -0.2) is 24.7 Å². The Bertz CT molecular complexity index is 4730. The minimum absolute atomic E-state index is 0.194. The van der Waals surface area contributed by atoms with Gasteiger partial charge in [-0.1, -0.05) is 212 Å². The molecular weight excluding hydrogens is 993 g/mol. The van der Waals surface area contributed by atoms with E-state index in [0.717, 1.165) is 117 Å². The summed E-state index contributed by atoms with van der Waals surface area (Å²) in [6.07, 6.45) is 8.44. The van der Waals surface area contributed by atoms with E-state index in [9.17, 15) is 9.90 Å². The number of fused-ring (bicyclic) bond motifs is 9. The highest BCUT2D eigenvalue weighted by atomic mass is 16.4. The van der Waals surface area contributed by atoms with E-state index < -0.39 is 5.97 Å². The molecule has 0 fully saturated rings. The molecule has 0 saturated heterocycles. The van der Waals surface area contributed by atoms with Crippen molar-refractivity contribution in [3.05, 3.63) is 276 Å². The molecule has 8 heteroatoms. The van der Waals surface area contributed by atoms with Crippen LogP contribution in [0.25, 0.3) is 136 Å². The van der Waals surface area contributed by atoms with E-state index in [2.05, 4.69) is 161 Å². The lowest BCUT2D eigenvalue weighted by atomic mass is 9.97. The summed E-state index contributed by atoms with van der Waals surface area (Å²) in [5, 5.41) is 9.84. The number of nitrogens with one attached hydrogen (secondary N) is 2. The highest BCUT2D eigenvalue weighted by Gasteiger charge is 2.22. The zero-order chi connectivity index (χ0) is 54.2. The third-order valence-electron chi connectivity index (χ3n) is 14.8. The fourth-order valence-electron chi connectivity index (χ4n) is 11.0. The van der Waals surface area contributed by atoms with E-state index >= 15 is 0 Å². The van der Waals surface area contributed by atoms with Gasteiger partial charge in [0.05, 0.1) is 61.9 Å². The standard InChI is InChI=1S/C73H46N6O2/c80-73(81)54-34-31-46(32-35-54)56-38-37-53(71-72(56)79-70(52-29-17-6-18-30-52)69(78-71)51-27-15-5-16-28-51)33-36-55-45-63-66(49-23-11-3-12-24-49)61-42-41-59(75-61)64(47-19-7-1-8-20-47)57-39-40-58(74-57)65(48-21-9-2-10-22-48)60-43-44-62(76-60)67(68(55)77-63)50-25-13-4-14-26-50/h1-32,34-35,37-45,74,77H,(H,80,81). The number of hydrogen-bond acceptors (Lipinski definition) is 5. The van der Waals surface area contributed by atoms with Crippen LogP contribution >= 0.6 is 0 Å². The second kappa shape index (κ2) is 20.6. The Labute approximate surface area is 466 Å². The molecule has 8 nitrogen and oxygen atoms in total. The quantitative estimate of drug-likeness (QED) is 0.130. The summed E-state index contributed by atoms with van der Waals surface area (Å²) in [5.74, 6) is 6.37. The van der Waals surface area contributed by atoms with Crippen LogP contribution in [0, 0.1) is 11.8 Å². The highest BCUT2D eigenvalue weighted by Crippen LogP contribution is 2.41. The number of carboxylic acids is 1. The van der Waals surface area contributed by atoms with Gasteiger partial charge < -0.3 is 15.1 Å². The summed E-state index contributed by atoms with van der Waals surface area (Å²) in [4.78, 5) is 42.0. The first-order chi connectivity index (χ1) is 40.0. The Hall–Kier alpha value is -11.3. The molecule has 14 rings (SSSR count). The molecule has 6 heterocycles. The molecule has 2 aliphatic heterocycles. The molecule has 4 aromatic heterocycles. The fourth-order valence-corrected chi connectivity index (χ4v) is 11.0. The largest absolute Gasteiger partial charge is 0.478 e. The Balaban J connectivity index is 1.10. The smallest absolute Gasteiger partial charge is 0.335 e. The second-order valence-corrected chi connectivity index (χ2v) is 19.8. The topological polar surface area (TPSA) is 120 Å². The van der Waals surface area contributed by atoms with Crippen molar-refractivity contribution < 1.29 is 9.90 Å². The van der Waals surface area contributed by atoms with Crippen LogP contribution < -0.4 is 0 Å². The molecule has 0 saturated carbocycles. The van der Waals surface area contributed by atoms with Gasteiger partial charge in [0, 0.05) is 55.5 Å². The maximum absolute atomic E-state index is 12.0. The Morgan fingerprint density at radius 2 is 0.741 bits per heavy atom. The van der Waals surface area contributed by atoms with E-state index in [1.54, 1.807) is 12.1 Å². The van der Waals surface area contributed by atoms with Crippen molar-refractivity contribution in [1.82, 2.24) is 29.9 Å². The molecule has 12 aromatic rings. The molecule has 0 aliphatic carbocycles. The van der Waals surface area contributed by atoms with Crippen molar-refractivity contribution in [2.45, 2.75) is 0 Å². The number of aromatic carboxylic acids is 1. The number of rotatable bonds is 8. The first kappa shape index (κ1) is 48.1. The van der Waals surface area contributed by atoms with Crippen LogP contribution in [0.2, 0.25) is 0 Å². The van der Waals surface area contributed by atoms with Gasteiger partial charge in [0.1, 0.15) is 5.52 Å². The molecule has 0 amide bonds. The van der Waals surface area contributed by atoms with Crippen LogP contribution in [-0.4, -0.2) is 41.0 Å². The molecule has 2 aliphatic rings. The van der Waals surface area contributed by atoms with Crippen molar-refractivity contribution in [2.75, 3.05) is 0 Å². The predicted octanol–water partition coefficient (Wildman–Crippen LogP) is 17.4. The van der Waals surface area contributed by atoms with Crippen LogP contribution in [0.4, 0.5) is 0 Å². The van der Waals surface area contributed by atoms with Crippen molar-refractivity contribution in [3.8, 4) is 90.0 Å². The molecule has 0 radical (unpaired) electrons. The van der Waals surface area contributed by atoms with E-state index in [0.29, 0.717) is 28.0 Å². The zero-order valence-corrected chi connectivity index (χ0v) is 43.5. The normalized spacial score (nSPS) is 11.6. The van der Waals surface area contributed by atoms with Crippen molar-refractivity contribution in [2.24, 2.45) is 0 Å². The maximum Gasteiger partial charge on any atom is 0.335 e. The van der Waals surface area contributed by atoms with Gasteiger partial charge in [-0.3, -0.25) is 0 Å². The summed E-state index contributed by atoms with van der Waals surface area (Å²) in [7, 11) is 0. The second-order valence-electron chi connectivity index (χ2n) is 19.8. The number of carbonyl (C=O) groups is 1. The molecule has 3 N–H and O–H groups in total. The number of hydrogen-bond donors (Lipinski definition) is 3. The predicted molar refractivity (Wildman–Crippen MR) is 329 cm³/mol. The van der Waals surface area contributed by atoms with Crippen LogP contribution in [0.15, 0.2) is 237 Å². The molecule has 380 valence electrons. The Kier molecular flexibility index (Phi) is 12.2. The van der Waals surface area contributed by atoms with Gasteiger partial charge in [0.25, 0.3) is 0 Å². The monoisotopic (exact) mass is 1040 g/mol. The number of benzene rings is 8. The molecule has 0 atom stereocenters. The maximum atomic E-state index is 12.0. The van der Waals surface area contributed by atoms with Crippen LogP contribution in [0.3, 0.4) is 0 Å². The minimum atomic E-state index is -0.996. The van der Waals surface area contributed by atoms with Gasteiger partial charge in [-0.2, -0.15) is 0 Å². The zero-order valence-electron chi connectivity index (χ0n) is 43.5. The van der Waals surface area contributed by atoms with Crippen molar-refractivity contribution >= 4 is 63.4 Å². The summed E-state index contributed by atoms with van der Waals surface area (Å²) in [6, 6.07) is 79.1. The lowest BCUT2D eigenvalue weighted by Crippen LogP contribution is -1.99. The van der Waals surface area contributed by atoms with Gasteiger partial charge >= 0.3 is 5.97 Å². The number of carboxylic acid groups (broad SMARTS) is 1. The number of nitrogens with zero attached hydrogens (tertiary/aromatic N) is 4. The summed E-state index contributed by atoms with van der Waals surface area (Å²) < 4.78 is 0. The number of aromatic amines is 2. The van der Waals surface area contributed by atoms with Crippen LogP contribution in [-0.2, 0) is 0 Å². The van der Waals surface area contributed by atoms with E-state index in [-0.39, 0.29) is 5.56 Å². The molecule has 8 bridgehead atoms. The molecular formula is C73H46N6O2. The van der Waals surface area contributed by atoms with Gasteiger partial charge in [-0.15, -0.1) is 0 Å². The van der Waals surface area contributed by atoms with Gasteiger partial charge in [0.15, 0.2) is 0 Å². The van der Waals surface area contributed by atoms with Gasteiger partial charge in [0.2, 0.25) is 0 Å². The van der Waals surface area contributed by atoms with E-state index in [1.165, 1.54) is 0 Å². The van der Waals surface area contributed by atoms with Crippen LogP contribution in [0.5, 0.6) is 0 Å². The summed E-state index contributed by atoms with van der Waals surface area (Å²) in [5.41, 5.74) is 22.0. The van der Waals surface area contributed by atoms with E-state index in [1.807, 2.05) is 109 Å². The van der Waals surface area contributed by atoms with E-state index in [4.69, 9.17) is 19.9 Å². The third kappa shape index (κ3) is 9.07. The summed E-state index contributed by atoms with van der Waals surface area (Å²) >= 11 is 0. The van der Waals surface area contributed by atoms with Crippen LogP contribution in [0.1, 0.15) is 44.3 Å². The molecule has 0 unspecified atom stereocenters. The molecule has 8 aromatic carbocycles. The Morgan fingerprint density at radius 3 is 1.20 bits per heavy atom. The lowest BCUT2D eigenvalue weighted by molar-refractivity contribution is 0.0697. The fraction of sp³-hybridized carbons (Fsp3) is 0. The lowest BCUT2D eigenvalue weighted by Gasteiger charge is -2.14. The van der Waals surface area contributed by atoms with Crippen molar-refractivity contribution in [1.29, 1.82) is 0 Å². The van der Waals surface area contributed by atoms with Gasteiger partial charge in [-0.05, 0) is 88.5 Å². The first-order valence-corrected chi connectivity index (χ1v) is 26.7. The third-order valence-corrected chi connectivity index (χ3v) is 14.8. The summed E-state index contributed by atoms with van der Waals surface area (Å²) in [6.45, 7) is 0. The average Bonchev–Trinajstić information content (AvgIpc) is 4.56.